The van der Waals surface area contributed by atoms with E-state index in [0.29, 0.717) is 0 Å². The lowest BCUT2D eigenvalue weighted by molar-refractivity contribution is -0.107. The molecule has 1 radical (unpaired) electrons. The van der Waals surface area contributed by atoms with Crippen LogP contribution in [0.25, 0.3) is 0 Å². The van der Waals surface area contributed by atoms with Crippen molar-refractivity contribution < 1.29 is 9.47 Å². The second kappa shape index (κ2) is 9.01. The van der Waals surface area contributed by atoms with Crippen molar-refractivity contribution >= 4 is 0 Å². The van der Waals surface area contributed by atoms with Crippen LogP contribution in [0, 0.1) is 6.61 Å². The van der Waals surface area contributed by atoms with Gasteiger partial charge in [0.15, 0.2) is 6.29 Å². The molecule has 0 amide bonds. The van der Waals surface area contributed by atoms with E-state index < -0.39 is 0 Å². The normalized spacial score (nSPS) is 13.2. The molecule has 0 bridgehead atoms. The van der Waals surface area contributed by atoms with Crippen LogP contribution < -0.4 is 0 Å². The van der Waals surface area contributed by atoms with Gasteiger partial charge in [0.2, 0.25) is 0 Å². The van der Waals surface area contributed by atoms with E-state index in [1.807, 2.05) is 13.8 Å². The molecule has 0 fully saturated rings. The Morgan fingerprint density at radius 3 is 2.58 bits per heavy atom. The molecule has 0 aliphatic carbocycles. The molecule has 1 atom stereocenters. The molecule has 0 N–H and O–H groups in total. The van der Waals surface area contributed by atoms with Crippen molar-refractivity contribution in [2.75, 3.05) is 6.61 Å². The Morgan fingerprint density at radius 1 is 1.25 bits per heavy atom. The zero-order valence-corrected chi connectivity index (χ0v) is 8.51. The summed E-state index contributed by atoms with van der Waals surface area (Å²) in [6.07, 6.45) is 4.90. The summed E-state index contributed by atoms with van der Waals surface area (Å²) in [4.78, 5) is 0. The van der Waals surface area contributed by atoms with E-state index in [0.717, 1.165) is 13.0 Å². The van der Waals surface area contributed by atoms with Crippen molar-refractivity contribution in [1.82, 2.24) is 0 Å². The van der Waals surface area contributed by atoms with E-state index in [2.05, 4.69) is 6.92 Å². The maximum absolute atomic E-state index is 5.38. The Morgan fingerprint density at radius 2 is 2.00 bits per heavy atom. The fraction of sp³-hybridized carbons (Fsp3) is 0.900. The van der Waals surface area contributed by atoms with Gasteiger partial charge in [0, 0.05) is 6.61 Å². The van der Waals surface area contributed by atoms with E-state index in [9.17, 15) is 0 Å². The average Bonchev–Trinajstić information content (AvgIpc) is 2.05. The monoisotopic (exact) mass is 173 g/mol. The molecule has 0 saturated carbocycles. The van der Waals surface area contributed by atoms with Crippen molar-refractivity contribution in [3.05, 3.63) is 6.61 Å². The van der Waals surface area contributed by atoms with Gasteiger partial charge in [-0.05, 0) is 20.3 Å². The molecule has 73 valence electrons. The first-order chi connectivity index (χ1) is 5.81. The number of hydrogen-bond acceptors (Lipinski definition) is 2. The van der Waals surface area contributed by atoms with Crippen LogP contribution in [0.2, 0.25) is 0 Å². The Bertz CT molecular complexity index is 83.9. The highest BCUT2D eigenvalue weighted by atomic mass is 16.7. The summed E-state index contributed by atoms with van der Waals surface area (Å²) in [6.45, 7) is 8.46. The van der Waals surface area contributed by atoms with Crippen LogP contribution in [-0.4, -0.2) is 12.9 Å². The van der Waals surface area contributed by atoms with Crippen molar-refractivity contribution in [1.29, 1.82) is 0 Å². The number of rotatable bonds is 8. The van der Waals surface area contributed by atoms with Gasteiger partial charge in [-0.1, -0.05) is 26.2 Å². The first kappa shape index (κ1) is 11.9. The summed E-state index contributed by atoms with van der Waals surface area (Å²) in [7, 11) is 0. The van der Waals surface area contributed by atoms with Gasteiger partial charge in [0.1, 0.15) is 0 Å². The highest BCUT2D eigenvalue weighted by Gasteiger charge is 1.98. The van der Waals surface area contributed by atoms with Crippen LogP contribution in [-0.2, 0) is 9.47 Å². The molecule has 1 unspecified atom stereocenters. The number of ether oxygens (including phenoxy) is 2. The predicted octanol–water partition coefficient (Wildman–Crippen LogP) is 3.13. The molecule has 0 aromatic carbocycles. The highest BCUT2D eigenvalue weighted by molar-refractivity contribution is 4.42. The van der Waals surface area contributed by atoms with E-state index in [-0.39, 0.29) is 6.29 Å². The lowest BCUT2D eigenvalue weighted by Crippen LogP contribution is -2.11. The van der Waals surface area contributed by atoms with Crippen LogP contribution >= 0.6 is 0 Å². The number of unbranched alkanes of at least 4 members (excludes halogenated alkanes) is 3. The first-order valence-electron chi connectivity index (χ1n) is 4.86. The number of hydrogen-bond donors (Lipinski definition) is 0. The summed E-state index contributed by atoms with van der Waals surface area (Å²) in [5.41, 5.74) is 0. The Labute approximate surface area is 76.3 Å². The summed E-state index contributed by atoms with van der Waals surface area (Å²) < 4.78 is 10.5. The van der Waals surface area contributed by atoms with Gasteiger partial charge < -0.3 is 9.47 Å². The lowest BCUT2D eigenvalue weighted by Gasteiger charge is -2.11. The van der Waals surface area contributed by atoms with E-state index >= 15 is 0 Å². The van der Waals surface area contributed by atoms with Crippen molar-refractivity contribution in [3.8, 4) is 0 Å². The van der Waals surface area contributed by atoms with Gasteiger partial charge in [-0.25, -0.2) is 0 Å². The lowest BCUT2D eigenvalue weighted by atomic mass is 10.2. The van der Waals surface area contributed by atoms with Gasteiger partial charge >= 0.3 is 0 Å². The van der Waals surface area contributed by atoms with Crippen molar-refractivity contribution in [2.45, 2.75) is 52.7 Å². The summed E-state index contributed by atoms with van der Waals surface area (Å²) in [5, 5.41) is 0. The molecule has 12 heavy (non-hydrogen) atoms. The van der Waals surface area contributed by atoms with Gasteiger partial charge in [-0.15, -0.1) is 0 Å². The standard InChI is InChI=1S/C10H21O2/c1-4-6-7-8-9-12-10(3)11-5-2/h5,10H,4,6-9H2,1-3H3. The second-order valence-electron chi connectivity index (χ2n) is 2.87. The van der Waals surface area contributed by atoms with Crippen molar-refractivity contribution in [2.24, 2.45) is 0 Å². The predicted molar refractivity (Wildman–Crippen MR) is 50.6 cm³/mol. The summed E-state index contributed by atoms with van der Waals surface area (Å²) in [5.74, 6) is 0. The molecule has 0 aromatic rings. The average molecular weight is 173 g/mol. The second-order valence-corrected chi connectivity index (χ2v) is 2.87. The summed E-state index contributed by atoms with van der Waals surface area (Å²) in [6, 6.07) is 0. The quantitative estimate of drug-likeness (QED) is 0.415. The Kier molecular flexibility index (Phi) is 8.95. The fourth-order valence-electron chi connectivity index (χ4n) is 1.01. The minimum atomic E-state index is -0.0865. The molecule has 2 heteroatoms. The van der Waals surface area contributed by atoms with Gasteiger partial charge in [-0.2, -0.15) is 0 Å². The Hall–Kier alpha value is -0.0800. The molecule has 0 spiro atoms. The molecular weight excluding hydrogens is 152 g/mol. The SMILES string of the molecule is C[CH]OC(C)OCCCCCC. The minimum Gasteiger partial charge on any atom is -0.353 e. The molecule has 0 aliphatic rings. The van der Waals surface area contributed by atoms with Crippen LogP contribution in [0.5, 0.6) is 0 Å². The molecule has 0 heterocycles. The maximum Gasteiger partial charge on any atom is 0.155 e. The molecule has 0 saturated heterocycles. The smallest absolute Gasteiger partial charge is 0.155 e. The Balaban J connectivity index is 2.97. The van der Waals surface area contributed by atoms with E-state index in [1.165, 1.54) is 19.3 Å². The van der Waals surface area contributed by atoms with Crippen LogP contribution in [0.4, 0.5) is 0 Å². The fourth-order valence-corrected chi connectivity index (χ4v) is 1.01. The van der Waals surface area contributed by atoms with Gasteiger partial charge in [0.25, 0.3) is 0 Å². The zero-order valence-electron chi connectivity index (χ0n) is 8.51. The van der Waals surface area contributed by atoms with Crippen LogP contribution in [0.1, 0.15) is 46.5 Å². The van der Waals surface area contributed by atoms with Crippen molar-refractivity contribution in [3.63, 3.8) is 0 Å². The molecule has 0 aromatic heterocycles. The molecule has 0 aliphatic heterocycles. The first-order valence-corrected chi connectivity index (χ1v) is 4.86. The topological polar surface area (TPSA) is 18.5 Å². The van der Waals surface area contributed by atoms with E-state index in [1.54, 1.807) is 6.61 Å². The highest BCUT2D eigenvalue weighted by Crippen LogP contribution is 2.01. The maximum atomic E-state index is 5.38. The van der Waals surface area contributed by atoms with Gasteiger partial charge in [0.05, 0.1) is 6.61 Å². The minimum absolute atomic E-state index is 0.0865. The zero-order chi connectivity index (χ0) is 9.23. The third-order valence-corrected chi connectivity index (χ3v) is 1.68. The molecule has 0 rings (SSSR count). The summed E-state index contributed by atoms with van der Waals surface area (Å²) >= 11 is 0. The van der Waals surface area contributed by atoms with Crippen LogP contribution in [0.3, 0.4) is 0 Å². The largest absolute Gasteiger partial charge is 0.353 e. The third-order valence-electron chi connectivity index (χ3n) is 1.68. The molecule has 2 nitrogen and oxygen atoms in total. The van der Waals surface area contributed by atoms with Gasteiger partial charge in [-0.3, -0.25) is 0 Å². The molecular formula is C10H21O2. The third kappa shape index (κ3) is 8.02. The van der Waals surface area contributed by atoms with Crippen LogP contribution in [0.15, 0.2) is 0 Å². The van der Waals surface area contributed by atoms with E-state index in [4.69, 9.17) is 9.47 Å².